The molecule has 0 radical (unpaired) electrons. The largest absolute Gasteiger partial charge is 0.467 e. The number of benzene rings is 1. The Balaban J connectivity index is 2.43. The Morgan fingerprint density at radius 2 is 1.69 bits per heavy atom. The van der Waals surface area contributed by atoms with E-state index in [-0.39, 0.29) is 12.5 Å². The van der Waals surface area contributed by atoms with Crippen molar-refractivity contribution in [3.8, 4) is 5.88 Å². The zero-order chi connectivity index (χ0) is 19.5. The highest BCUT2D eigenvalue weighted by molar-refractivity contribution is 9.10. The Morgan fingerprint density at radius 1 is 1.08 bits per heavy atom. The number of rotatable bonds is 5. The summed E-state index contributed by atoms with van der Waals surface area (Å²) >= 11 is 3.25. The van der Waals surface area contributed by atoms with Gasteiger partial charge in [0.1, 0.15) is 5.56 Å². The highest BCUT2D eigenvalue weighted by atomic mass is 79.9. The van der Waals surface area contributed by atoms with Crippen molar-refractivity contribution in [3.05, 3.63) is 40.5 Å². The second kappa shape index (κ2) is 7.68. The van der Waals surface area contributed by atoms with Gasteiger partial charge in [-0.25, -0.2) is 4.98 Å². The van der Waals surface area contributed by atoms with Crippen LogP contribution in [0.5, 0.6) is 5.88 Å². The third-order valence-electron chi connectivity index (χ3n) is 3.11. The standard InChI is InChI=1S/C15H12BrF6N3O/c1-2-25(10-5-3-9(16)4-6-10)13-23-7-11(15(20,21)22)12(24-13)26-8-14(17,18)19/h3-7H,2,8H2,1H3. The summed E-state index contributed by atoms with van der Waals surface area (Å²) in [6.07, 6.45) is -9.34. The lowest BCUT2D eigenvalue weighted by Gasteiger charge is -2.22. The molecule has 0 N–H and O–H groups in total. The fourth-order valence-corrected chi connectivity index (χ4v) is 2.27. The van der Waals surface area contributed by atoms with E-state index in [4.69, 9.17) is 0 Å². The summed E-state index contributed by atoms with van der Waals surface area (Å²) in [5, 5.41) is 0. The fourth-order valence-electron chi connectivity index (χ4n) is 2.00. The van der Waals surface area contributed by atoms with Gasteiger partial charge in [0.25, 0.3) is 0 Å². The van der Waals surface area contributed by atoms with E-state index < -0.39 is 30.4 Å². The lowest BCUT2D eigenvalue weighted by Crippen LogP contribution is -2.24. The summed E-state index contributed by atoms with van der Waals surface area (Å²) in [5.74, 6) is -1.38. The van der Waals surface area contributed by atoms with Crippen molar-refractivity contribution < 1.29 is 31.1 Å². The molecule has 1 aromatic heterocycles. The summed E-state index contributed by atoms with van der Waals surface area (Å²) < 4.78 is 81.0. The Kier molecular flexibility index (Phi) is 5.99. The molecule has 1 heterocycles. The number of halogens is 7. The van der Waals surface area contributed by atoms with Gasteiger partial charge in [-0.1, -0.05) is 15.9 Å². The molecule has 1 aromatic carbocycles. The first-order chi connectivity index (χ1) is 12.0. The van der Waals surface area contributed by atoms with Crippen molar-refractivity contribution >= 4 is 27.6 Å². The van der Waals surface area contributed by atoms with E-state index in [1.54, 1.807) is 31.2 Å². The first-order valence-electron chi connectivity index (χ1n) is 7.18. The molecule has 0 bridgehead atoms. The van der Waals surface area contributed by atoms with E-state index >= 15 is 0 Å². The van der Waals surface area contributed by atoms with Gasteiger partial charge in [-0.05, 0) is 31.2 Å². The molecule has 2 aromatic rings. The lowest BCUT2D eigenvalue weighted by atomic mass is 10.3. The van der Waals surface area contributed by atoms with Crippen molar-refractivity contribution in [2.45, 2.75) is 19.3 Å². The van der Waals surface area contributed by atoms with Gasteiger partial charge >= 0.3 is 12.4 Å². The van der Waals surface area contributed by atoms with Crippen LogP contribution in [0, 0.1) is 0 Å². The van der Waals surface area contributed by atoms with E-state index in [2.05, 4.69) is 30.6 Å². The lowest BCUT2D eigenvalue weighted by molar-refractivity contribution is -0.159. The Hall–Kier alpha value is -2.04. The molecule has 0 atom stereocenters. The SMILES string of the molecule is CCN(c1ccc(Br)cc1)c1ncc(C(F)(F)F)c(OCC(F)(F)F)n1. The zero-order valence-corrected chi connectivity index (χ0v) is 14.8. The van der Waals surface area contributed by atoms with Crippen molar-refractivity contribution in [2.24, 2.45) is 0 Å². The van der Waals surface area contributed by atoms with E-state index in [9.17, 15) is 26.3 Å². The summed E-state index contributed by atoms with van der Waals surface area (Å²) in [6.45, 7) is 0.0714. The van der Waals surface area contributed by atoms with E-state index in [1.165, 1.54) is 4.90 Å². The van der Waals surface area contributed by atoms with Crippen LogP contribution in [0.15, 0.2) is 34.9 Å². The summed E-state index contributed by atoms with van der Waals surface area (Å²) in [4.78, 5) is 8.65. The van der Waals surface area contributed by atoms with E-state index in [0.717, 1.165) is 4.47 Å². The van der Waals surface area contributed by atoms with Crippen molar-refractivity contribution in [1.82, 2.24) is 9.97 Å². The molecule has 0 aliphatic carbocycles. The highest BCUT2D eigenvalue weighted by Gasteiger charge is 2.38. The van der Waals surface area contributed by atoms with Crippen LogP contribution < -0.4 is 9.64 Å². The highest BCUT2D eigenvalue weighted by Crippen LogP contribution is 2.36. The van der Waals surface area contributed by atoms with Crippen molar-refractivity contribution in [1.29, 1.82) is 0 Å². The summed E-state index contributed by atoms with van der Waals surface area (Å²) in [6, 6.07) is 6.71. The van der Waals surface area contributed by atoms with Crippen LogP contribution in [0.25, 0.3) is 0 Å². The van der Waals surface area contributed by atoms with Crippen LogP contribution >= 0.6 is 15.9 Å². The molecule has 0 amide bonds. The minimum absolute atomic E-state index is 0.208. The average Bonchev–Trinajstić information content (AvgIpc) is 2.54. The van der Waals surface area contributed by atoms with Gasteiger partial charge in [0.2, 0.25) is 11.8 Å². The molecular weight excluding hydrogens is 432 g/mol. The van der Waals surface area contributed by atoms with Gasteiger partial charge in [-0.3, -0.25) is 0 Å². The zero-order valence-electron chi connectivity index (χ0n) is 13.2. The molecule has 11 heteroatoms. The van der Waals surface area contributed by atoms with Crippen LogP contribution in [0.3, 0.4) is 0 Å². The topological polar surface area (TPSA) is 38.2 Å². The predicted octanol–water partition coefficient (Wildman–Crippen LogP) is 5.36. The van der Waals surface area contributed by atoms with E-state index in [1.807, 2.05) is 0 Å². The van der Waals surface area contributed by atoms with Gasteiger partial charge in [0.05, 0.1) is 0 Å². The smallest absolute Gasteiger partial charge is 0.423 e. The van der Waals surface area contributed by atoms with Crippen LogP contribution in [-0.2, 0) is 6.18 Å². The molecule has 0 saturated heterocycles. The second-order valence-corrected chi connectivity index (χ2v) is 5.93. The monoisotopic (exact) mass is 443 g/mol. The molecule has 2 rings (SSSR count). The number of hydrogen-bond donors (Lipinski definition) is 0. The first kappa shape index (κ1) is 20.3. The number of aromatic nitrogens is 2. The molecule has 0 unspecified atom stereocenters. The van der Waals surface area contributed by atoms with Gasteiger partial charge in [-0.15, -0.1) is 0 Å². The molecule has 0 fully saturated rings. The molecule has 26 heavy (non-hydrogen) atoms. The fraction of sp³-hybridized carbons (Fsp3) is 0.333. The van der Waals surface area contributed by atoms with Crippen LogP contribution in [0.1, 0.15) is 12.5 Å². The maximum atomic E-state index is 13.0. The molecule has 0 saturated carbocycles. The van der Waals surface area contributed by atoms with E-state index in [0.29, 0.717) is 11.9 Å². The van der Waals surface area contributed by atoms with Crippen LogP contribution in [0.2, 0.25) is 0 Å². The number of hydrogen-bond acceptors (Lipinski definition) is 4. The van der Waals surface area contributed by atoms with Crippen LogP contribution in [-0.4, -0.2) is 29.3 Å². The Labute approximate surface area is 152 Å². The maximum Gasteiger partial charge on any atom is 0.423 e. The average molecular weight is 444 g/mol. The third-order valence-corrected chi connectivity index (χ3v) is 3.64. The maximum absolute atomic E-state index is 13.0. The molecule has 142 valence electrons. The number of alkyl halides is 6. The molecule has 0 aliphatic heterocycles. The normalized spacial score (nSPS) is 12.2. The van der Waals surface area contributed by atoms with Crippen LogP contribution in [0.4, 0.5) is 38.0 Å². The minimum Gasteiger partial charge on any atom is -0.467 e. The quantitative estimate of drug-likeness (QED) is 0.583. The second-order valence-electron chi connectivity index (χ2n) is 5.01. The van der Waals surface area contributed by atoms with Gasteiger partial charge in [-0.2, -0.15) is 31.3 Å². The van der Waals surface area contributed by atoms with Gasteiger partial charge in [0, 0.05) is 22.9 Å². The van der Waals surface area contributed by atoms with Crippen molar-refractivity contribution in [2.75, 3.05) is 18.1 Å². The third kappa shape index (κ3) is 5.23. The molecule has 0 spiro atoms. The molecular formula is C15H12BrF6N3O. The summed E-state index contributed by atoms with van der Waals surface area (Å²) in [7, 11) is 0. The number of nitrogens with zero attached hydrogens (tertiary/aromatic N) is 3. The number of ether oxygens (including phenoxy) is 1. The predicted molar refractivity (Wildman–Crippen MR) is 85.4 cm³/mol. The van der Waals surface area contributed by atoms with Gasteiger partial charge in [0.15, 0.2) is 6.61 Å². The first-order valence-corrected chi connectivity index (χ1v) is 7.97. The Morgan fingerprint density at radius 3 is 2.19 bits per heavy atom. The molecule has 4 nitrogen and oxygen atoms in total. The minimum atomic E-state index is -4.95. The Bertz CT molecular complexity index is 749. The molecule has 0 aliphatic rings. The van der Waals surface area contributed by atoms with Gasteiger partial charge < -0.3 is 9.64 Å². The number of anilines is 2. The summed E-state index contributed by atoms with van der Waals surface area (Å²) in [5.41, 5.74) is -0.922. The van der Waals surface area contributed by atoms with Crippen molar-refractivity contribution in [3.63, 3.8) is 0 Å².